The lowest BCUT2D eigenvalue weighted by atomic mass is 10.0. The van der Waals surface area contributed by atoms with Gasteiger partial charge in [0.05, 0.1) is 18.1 Å². The Bertz CT molecular complexity index is 1260. The van der Waals surface area contributed by atoms with Gasteiger partial charge in [-0.3, -0.25) is 4.79 Å². The fraction of sp³-hybridized carbons (Fsp3) is 0.435. The number of likely N-dealkylation sites (tertiary alicyclic amines) is 1. The van der Waals surface area contributed by atoms with Gasteiger partial charge in [-0.05, 0) is 31.9 Å². The number of aromatic nitrogens is 5. The number of aryl methyl sites for hydroxylation is 1. The molecule has 2 aliphatic heterocycles. The van der Waals surface area contributed by atoms with Gasteiger partial charge in [-0.2, -0.15) is 15.0 Å². The number of hydrogen-bond acceptors (Lipinski definition) is 7. The second-order valence-electron chi connectivity index (χ2n) is 9.39. The molecular formula is C23H23F2N7O2. The third-order valence-corrected chi connectivity index (χ3v) is 7.07. The van der Waals surface area contributed by atoms with Crippen LogP contribution in [0.5, 0.6) is 0 Å². The van der Waals surface area contributed by atoms with E-state index in [1.165, 1.54) is 29.3 Å². The first-order valence-electron chi connectivity index (χ1n) is 11.3. The monoisotopic (exact) mass is 467 g/mol. The number of nitrogens with zero attached hydrogens (tertiary/aromatic N) is 7. The standard InChI is InChI=1S/C23H23F2N7O2/c1-13-19(25)20(23(34)5-6-23)29-22(28-13)31-11-14-9-30(10-15(14)12-31)21(33)18-16(24)3-2-4-17(18)32-26-7-8-27-32/h2-4,7-8,14-15,34H,5-6,9-12H2,1H3/t14-,15+. The fourth-order valence-corrected chi connectivity index (χ4v) is 5.06. The molecule has 34 heavy (non-hydrogen) atoms. The topological polar surface area (TPSA) is 100 Å². The molecule has 1 N–H and O–H groups in total. The molecular weight excluding hydrogens is 444 g/mol. The Morgan fingerprint density at radius 1 is 1.06 bits per heavy atom. The molecule has 1 aliphatic carbocycles. The number of carbonyl (C=O) groups is 1. The summed E-state index contributed by atoms with van der Waals surface area (Å²) in [6.45, 7) is 3.71. The third kappa shape index (κ3) is 3.33. The number of halogens is 2. The van der Waals surface area contributed by atoms with E-state index in [1.807, 2.05) is 4.90 Å². The van der Waals surface area contributed by atoms with Gasteiger partial charge in [-0.1, -0.05) is 6.07 Å². The number of benzene rings is 1. The van der Waals surface area contributed by atoms with Crippen molar-refractivity contribution in [2.45, 2.75) is 25.4 Å². The zero-order valence-corrected chi connectivity index (χ0v) is 18.5. The minimum Gasteiger partial charge on any atom is -0.383 e. The van der Waals surface area contributed by atoms with Crippen LogP contribution in [-0.4, -0.2) is 67.1 Å². The second kappa shape index (κ2) is 7.52. The maximum absolute atomic E-state index is 14.7. The summed E-state index contributed by atoms with van der Waals surface area (Å²) in [4.78, 5) is 26.9. The van der Waals surface area contributed by atoms with Crippen molar-refractivity contribution < 1.29 is 18.7 Å². The van der Waals surface area contributed by atoms with Gasteiger partial charge in [0.2, 0.25) is 5.95 Å². The number of amides is 1. The molecule has 0 bridgehead atoms. The lowest BCUT2D eigenvalue weighted by molar-refractivity contribution is 0.0777. The highest BCUT2D eigenvalue weighted by molar-refractivity contribution is 5.98. The SMILES string of the molecule is Cc1nc(N2C[C@H]3CN(C(=O)c4c(F)cccc4-n4nccn4)C[C@H]3C2)nc(C2(O)CC2)c1F. The molecule has 176 valence electrons. The Hall–Kier alpha value is -3.47. The summed E-state index contributed by atoms with van der Waals surface area (Å²) in [7, 11) is 0. The first-order valence-corrected chi connectivity index (χ1v) is 11.3. The van der Waals surface area contributed by atoms with Crippen molar-refractivity contribution in [3.8, 4) is 5.69 Å². The number of aliphatic hydroxyl groups is 1. The number of carbonyl (C=O) groups excluding carboxylic acids is 1. The molecule has 2 atom stereocenters. The summed E-state index contributed by atoms with van der Waals surface area (Å²) in [5, 5.41) is 18.5. The van der Waals surface area contributed by atoms with Gasteiger partial charge in [0.25, 0.3) is 5.91 Å². The molecule has 0 radical (unpaired) electrons. The highest BCUT2D eigenvalue weighted by Gasteiger charge is 2.48. The Morgan fingerprint density at radius 2 is 1.74 bits per heavy atom. The van der Waals surface area contributed by atoms with Gasteiger partial charge < -0.3 is 14.9 Å². The van der Waals surface area contributed by atoms with Crippen LogP contribution in [0.15, 0.2) is 30.6 Å². The predicted molar refractivity (Wildman–Crippen MR) is 116 cm³/mol. The molecule has 3 aliphatic rings. The summed E-state index contributed by atoms with van der Waals surface area (Å²) >= 11 is 0. The highest BCUT2D eigenvalue weighted by Crippen LogP contribution is 2.46. The molecule has 0 unspecified atom stereocenters. The Kier molecular flexibility index (Phi) is 4.67. The largest absolute Gasteiger partial charge is 0.383 e. The third-order valence-electron chi connectivity index (χ3n) is 7.07. The Labute approximate surface area is 194 Å². The van der Waals surface area contributed by atoms with Crippen molar-refractivity contribution in [1.82, 2.24) is 29.9 Å². The average Bonchev–Trinajstić information content (AvgIpc) is 3.21. The van der Waals surface area contributed by atoms with E-state index in [0.717, 1.165) is 0 Å². The number of anilines is 1. The molecule has 2 saturated heterocycles. The number of rotatable bonds is 4. The van der Waals surface area contributed by atoms with Gasteiger partial charge in [0, 0.05) is 38.0 Å². The predicted octanol–water partition coefficient (Wildman–Crippen LogP) is 1.83. The molecule has 1 saturated carbocycles. The minimum absolute atomic E-state index is 0.0460. The first kappa shape index (κ1) is 21.1. The smallest absolute Gasteiger partial charge is 0.259 e. The molecule has 3 aromatic rings. The van der Waals surface area contributed by atoms with Crippen LogP contribution in [0.2, 0.25) is 0 Å². The summed E-state index contributed by atoms with van der Waals surface area (Å²) in [5.41, 5.74) is -0.645. The lowest BCUT2D eigenvalue weighted by Gasteiger charge is -2.23. The Morgan fingerprint density at radius 3 is 2.38 bits per heavy atom. The summed E-state index contributed by atoms with van der Waals surface area (Å²) in [6, 6.07) is 4.41. The van der Waals surface area contributed by atoms with Crippen LogP contribution in [0.25, 0.3) is 5.69 Å². The fourth-order valence-electron chi connectivity index (χ4n) is 5.06. The van der Waals surface area contributed by atoms with Crippen LogP contribution in [0, 0.1) is 30.4 Å². The van der Waals surface area contributed by atoms with Gasteiger partial charge in [-0.25, -0.2) is 18.7 Å². The molecule has 11 heteroatoms. The van der Waals surface area contributed by atoms with E-state index in [1.54, 1.807) is 17.9 Å². The highest BCUT2D eigenvalue weighted by atomic mass is 19.1. The number of fused-ring (bicyclic) bond motifs is 1. The van der Waals surface area contributed by atoms with Crippen molar-refractivity contribution in [2.75, 3.05) is 31.1 Å². The van der Waals surface area contributed by atoms with Crippen molar-refractivity contribution in [2.24, 2.45) is 11.8 Å². The quantitative estimate of drug-likeness (QED) is 0.625. The zero-order valence-electron chi connectivity index (χ0n) is 18.5. The lowest BCUT2D eigenvalue weighted by Crippen LogP contribution is -2.35. The second-order valence-corrected chi connectivity index (χ2v) is 9.39. The van der Waals surface area contributed by atoms with Crippen LogP contribution in [0.1, 0.15) is 34.6 Å². The van der Waals surface area contributed by atoms with E-state index in [2.05, 4.69) is 20.2 Å². The zero-order chi connectivity index (χ0) is 23.6. The molecule has 1 amide bonds. The minimum atomic E-state index is -1.19. The first-order chi connectivity index (χ1) is 16.3. The average molecular weight is 467 g/mol. The molecule has 6 rings (SSSR count). The van der Waals surface area contributed by atoms with Gasteiger partial charge in [0.1, 0.15) is 28.4 Å². The molecule has 0 spiro atoms. The summed E-state index contributed by atoms with van der Waals surface area (Å²) in [6.07, 6.45) is 3.93. The molecule has 4 heterocycles. The van der Waals surface area contributed by atoms with Crippen molar-refractivity contribution >= 4 is 11.9 Å². The van der Waals surface area contributed by atoms with Crippen LogP contribution in [0.3, 0.4) is 0 Å². The van der Waals surface area contributed by atoms with Gasteiger partial charge in [0.15, 0.2) is 5.82 Å². The summed E-state index contributed by atoms with van der Waals surface area (Å²) < 4.78 is 29.3. The van der Waals surface area contributed by atoms with E-state index in [4.69, 9.17) is 0 Å². The van der Waals surface area contributed by atoms with Gasteiger partial charge in [-0.15, -0.1) is 0 Å². The van der Waals surface area contributed by atoms with E-state index >= 15 is 0 Å². The molecule has 3 fully saturated rings. The molecule has 1 aromatic carbocycles. The van der Waals surface area contributed by atoms with E-state index < -0.39 is 23.1 Å². The van der Waals surface area contributed by atoms with Crippen LogP contribution in [0.4, 0.5) is 14.7 Å². The van der Waals surface area contributed by atoms with E-state index in [0.29, 0.717) is 50.7 Å². The van der Waals surface area contributed by atoms with Crippen molar-refractivity contribution in [3.63, 3.8) is 0 Å². The van der Waals surface area contributed by atoms with Crippen molar-refractivity contribution in [3.05, 3.63) is 59.2 Å². The normalized spacial score (nSPS) is 22.8. The Balaban J connectivity index is 1.21. The van der Waals surface area contributed by atoms with Crippen LogP contribution < -0.4 is 4.90 Å². The summed E-state index contributed by atoms with van der Waals surface area (Å²) in [5.74, 6) is -0.834. The maximum Gasteiger partial charge on any atom is 0.259 e. The maximum atomic E-state index is 14.7. The van der Waals surface area contributed by atoms with Crippen LogP contribution >= 0.6 is 0 Å². The van der Waals surface area contributed by atoms with Crippen LogP contribution in [-0.2, 0) is 5.60 Å². The van der Waals surface area contributed by atoms with Crippen molar-refractivity contribution in [1.29, 1.82) is 0 Å². The molecule has 2 aromatic heterocycles. The van der Waals surface area contributed by atoms with E-state index in [9.17, 15) is 18.7 Å². The van der Waals surface area contributed by atoms with Gasteiger partial charge >= 0.3 is 0 Å². The molecule has 9 nitrogen and oxygen atoms in total. The number of hydrogen-bond donors (Lipinski definition) is 1. The van der Waals surface area contributed by atoms with E-state index in [-0.39, 0.29) is 28.8 Å².